The molecule has 2 rings (SSSR count). The SMILES string of the molecule is COc1cc(CNC(=O)c2cc(F)cc(F)c2)ccc1OC(F)F. The van der Waals surface area contributed by atoms with E-state index in [-0.39, 0.29) is 23.6 Å². The minimum absolute atomic E-state index is 0.00227. The summed E-state index contributed by atoms with van der Waals surface area (Å²) < 4.78 is 59.9. The summed E-state index contributed by atoms with van der Waals surface area (Å²) in [6.45, 7) is -2.99. The summed E-state index contributed by atoms with van der Waals surface area (Å²) in [7, 11) is 1.28. The Morgan fingerprint density at radius 3 is 2.33 bits per heavy atom. The molecule has 4 nitrogen and oxygen atoms in total. The van der Waals surface area contributed by atoms with Gasteiger partial charge in [0, 0.05) is 18.2 Å². The zero-order valence-corrected chi connectivity index (χ0v) is 12.5. The van der Waals surface area contributed by atoms with E-state index in [0.29, 0.717) is 11.6 Å². The molecule has 1 N–H and O–H groups in total. The van der Waals surface area contributed by atoms with Crippen LogP contribution >= 0.6 is 0 Å². The number of alkyl halides is 2. The monoisotopic (exact) mass is 343 g/mol. The van der Waals surface area contributed by atoms with Crippen molar-refractivity contribution in [3.63, 3.8) is 0 Å². The number of carbonyl (C=O) groups excluding carboxylic acids is 1. The van der Waals surface area contributed by atoms with Crippen LogP contribution in [-0.2, 0) is 6.54 Å². The Balaban J connectivity index is 2.07. The smallest absolute Gasteiger partial charge is 0.387 e. The van der Waals surface area contributed by atoms with Crippen molar-refractivity contribution in [1.82, 2.24) is 5.32 Å². The van der Waals surface area contributed by atoms with Gasteiger partial charge in [0.05, 0.1) is 7.11 Å². The van der Waals surface area contributed by atoms with Crippen molar-refractivity contribution >= 4 is 5.91 Å². The second-order valence-electron chi connectivity index (χ2n) is 4.70. The Hall–Kier alpha value is -2.77. The highest BCUT2D eigenvalue weighted by Crippen LogP contribution is 2.29. The lowest BCUT2D eigenvalue weighted by atomic mass is 10.1. The van der Waals surface area contributed by atoms with Gasteiger partial charge in [-0.1, -0.05) is 6.07 Å². The van der Waals surface area contributed by atoms with Crippen LogP contribution in [-0.4, -0.2) is 19.6 Å². The molecule has 2 aromatic rings. The topological polar surface area (TPSA) is 47.6 Å². The highest BCUT2D eigenvalue weighted by Gasteiger charge is 2.12. The number of amides is 1. The zero-order valence-electron chi connectivity index (χ0n) is 12.5. The summed E-state index contributed by atoms with van der Waals surface area (Å²) in [5.74, 6) is -2.49. The average molecular weight is 343 g/mol. The minimum Gasteiger partial charge on any atom is -0.493 e. The molecule has 8 heteroatoms. The molecule has 0 saturated carbocycles. The van der Waals surface area contributed by atoms with Crippen LogP contribution in [0.3, 0.4) is 0 Å². The number of nitrogens with one attached hydrogen (secondary N) is 1. The molecule has 0 bridgehead atoms. The van der Waals surface area contributed by atoms with Gasteiger partial charge in [-0.2, -0.15) is 8.78 Å². The van der Waals surface area contributed by atoms with Gasteiger partial charge in [0.2, 0.25) is 0 Å². The number of ether oxygens (including phenoxy) is 2. The van der Waals surface area contributed by atoms with E-state index in [4.69, 9.17) is 4.74 Å². The number of rotatable bonds is 6. The molecule has 0 saturated heterocycles. The summed E-state index contributed by atoms with van der Waals surface area (Å²) in [6, 6.07) is 6.59. The third kappa shape index (κ3) is 4.61. The Labute approximate surface area is 135 Å². The maximum atomic E-state index is 13.1. The van der Waals surface area contributed by atoms with Gasteiger partial charge in [-0.25, -0.2) is 8.78 Å². The van der Waals surface area contributed by atoms with Crippen LogP contribution in [0.1, 0.15) is 15.9 Å². The van der Waals surface area contributed by atoms with E-state index in [1.807, 2.05) is 0 Å². The molecule has 128 valence electrons. The third-order valence-corrected chi connectivity index (χ3v) is 3.02. The molecule has 0 aliphatic carbocycles. The average Bonchev–Trinajstić information content (AvgIpc) is 2.52. The zero-order chi connectivity index (χ0) is 17.7. The van der Waals surface area contributed by atoms with E-state index in [2.05, 4.69) is 10.1 Å². The van der Waals surface area contributed by atoms with E-state index in [1.165, 1.54) is 25.3 Å². The molecule has 2 aromatic carbocycles. The van der Waals surface area contributed by atoms with Crippen molar-refractivity contribution in [3.8, 4) is 11.5 Å². The van der Waals surface area contributed by atoms with E-state index in [1.54, 1.807) is 0 Å². The predicted octanol–water partition coefficient (Wildman–Crippen LogP) is 3.50. The normalized spacial score (nSPS) is 10.6. The van der Waals surface area contributed by atoms with Crippen molar-refractivity contribution in [2.75, 3.05) is 7.11 Å². The van der Waals surface area contributed by atoms with Gasteiger partial charge in [-0.3, -0.25) is 4.79 Å². The fourth-order valence-corrected chi connectivity index (χ4v) is 1.98. The summed E-state index contributed by atoms with van der Waals surface area (Å²) >= 11 is 0. The van der Waals surface area contributed by atoms with Gasteiger partial charge < -0.3 is 14.8 Å². The van der Waals surface area contributed by atoms with E-state index >= 15 is 0 Å². The first-order valence-electron chi connectivity index (χ1n) is 6.75. The Morgan fingerprint density at radius 1 is 1.08 bits per heavy atom. The summed E-state index contributed by atoms with van der Waals surface area (Å²) in [4.78, 5) is 11.9. The van der Waals surface area contributed by atoms with Gasteiger partial charge in [-0.05, 0) is 29.8 Å². The number of halogens is 4. The van der Waals surface area contributed by atoms with Crippen LogP contribution in [0.25, 0.3) is 0 Å². The number of benzene rings is 2. The highest BCUT2D eigenvalue weighted by molar-refractivity contribution is 5.94. The number of methoxy groups -OCH3 is 1. The third-order valence-electron chi connectivity index (χ3n) is 3.02. The molecule has 0 heterocycles. The van der Waals surface area contributed by atoms with E-state index in [0.717, 1.165) is 12.1 Å². The molecular weight excluding hydrogens is 330 g/mol. The lowest BCUT2D eigenvalue weighted by Crippen LogP contribution is -2.23. The molecule has 1 amide bonds. The molecule has 0 aromatic heterocycles. The van der Waals surface area contributed by atoms with Gasteiger partial charge in [-0.15, -0.1) is 0 Å². The van der Waals surface area contributed by atoms with Crippen LogP contribution in [0.4, 0.5) is 17.6 Å². The van der Waals surface area contributed by atoms with Crippen molar-refractivity contribution in [3.05, 3.63) is 59.2 Å². The predicted molar refractivity (Wildman–Crippen MR) is 77.2 cm³/mol. The fraction of sp³-hybridized carbons (Fsp3) is 0.188. The molecule has 24 heavy (non-hydrogen) atoms. The highest BCUT2D eigenvalue weighted by atomic mass is 19.3. The first kappa shape index (κ1) is 17.6. The van der Waals surface area contributed by atoms with E-state index < -0.39 is 24.2 Å². The van der Waals surface area contributed by atoms with E-state index in [9.17, 15) is 22.4 Å². The molecule has 0 aliphatic rings. The molecule has 0 atom stereocenters. The van der Waals surface area contributed by atoms with Crippen LogP contribution in [0.15, 0.2) is 36.4 Å². The molecule has 0 unspecified atom stereocenters. The number of hydrogen-bond donors (Lipinski definition) is 1. The van der Waals surface area contributed by atoms with Crippen LogP contribution in [0.5, 0.6) is 11.5 Å². The summed E-state index contributed by atoms with van der Waals surface area (Å²) in [5.41, 5.74) is 0.357. The summed E-state index contributed by atoms with van der Waals surface area (Å²) in [6.07, 6.45) is 0. The molecule has 0 radical (unpaired) electrons. The van der Waals surface area contributed by atoms with Gasteiger partial charge in [0.1, 0.15) is 11.6 Å². The Morgan fingerprint density at radius 2 is 1.75 bits per heavy atom. The van der Waals surface area contributed by atoms with Crippen molar-refractivity contribution in [2.24, 2.45) is 0 Å². The van der Waals surface area contributed by atoms with Crippen molar-refractivity contribution in [2.45, 2.75) is 13.2 Å². The quantitative estimate of drug-likeness (QED) is 0.817. The van der Waals surface area contributed by atoms with Crippen molar-refractivity contribution < 1.29 is 31.8 Å². The molecule has 0 fully saturated rings. The first-order valence-corrected chi connectivity index (χ1v) is 6.75. The largest absolute Gasteiger partial charge is 0.493 e. The summed E-state index contributed by atoms with van der Waals surface area (Å²) in [5, 5.41) is 2.46. The van der Waals surface area contributed by atoms with Crippen LogP contribution < -0.4 is 14.8 Å². The van der Waals surface area contributed by atoms with Gasteiger partial charge >= 0.3 is 6.61 Å². The minimum atomic E-state index is -2.99. The number of carbonyl (C=O) groups is 1. The maximum Gasteiger partial charge on any atom is 0.387 e. The Kier molecular flexibility index (Phi) is 5.62. The van der Waals surface area contributed by atoms with Gasteiger partial charge in [0.15, 0.2) is 11.5 Å². The van der Waals surface area contributed by atoms with Gasteiger partial charge in [0.25, 0.3) is 5.91 Å². The fourth-order valence-electron chi connectivity index (χ4n) is 1.98. The lowest BCUT2D eigenvalue weighted by molar-refractivity contribution is -0.0512. The number of hydrogen-bond acceptors (Lipinski definition) is 3. The standard InChI is InChI=1S/C16H13F4NO3/c1-23-14-4-9(2-3-13(14)24-16(19)20)8-21-15(22)10-5-11(17)7-12(18)6-10/h2-7,16H,8H2,1H3,(H,21,22). The molecule has 0 aliphatic heterocycles. The molecular formula is C16H13F4NO3. The second-order valence-corrected chi connectivity index (χ2v) is 4.70. The lowest BCUT2D eigenvalue weighted by Gasteiger charge is -2.12. The van der Waals surface area contributed by atoms with Crippen LogP contribution in [0.2, 0.25) is 0 Å². The van der Waals surface area contributed by atoms with Crippen LogP contribution in [0, 0.1) is 11.6 Å². The first-order chi connectivity index (χ1) is 11.4. The maximum absolute atomic E-state index is 13.1. The van der Waals surface area contributed by atoms with Crippen molar-refractivity contribution in [1.29, 1.82) is 0 Å². The Bertz CT molecular complexity index is 717. The second kappa shape index (κ2) is 7.67. The molecule has 0 spiro atoms.